The minimum Gasteiger partial charge on any atom is -0.456 e. The van der Waals surface area contributed by atoms with Gasteiger partial charge in [0.15, 0.2) is 0 Å². The Hall–Kier alpha value is -6.57. The Morgan fingerprint density at radius 2 is 0.953 bits per heavy atom. The molecule has 64 heavy (non-hydrogen) atoms. The van der Waals surface area contributed by atoms with E-state index >= 15 is 0 Å². The third-order valence-electron chi connectivity index (χ3n) is 14.4. The number of furan rings is 3. The molecule has 3 aromatic heterocycles. The van der Waals surface area contributed by atoms with Crippen LogP contribution in [-0.2, 0) is 10.8 Å². The van der Waals surface area contributed by atoms with E-state index in [0.717, 1.165) is 105 Å². The quantitative estimate of drug-likeness (QED) is 0.166. The van der Waals surface area contributed by atoms with Crippen LogP contribution in [0.15, 0.2) is 171 Å². The Balaban J connectivity index is 0.00000413. The van der Waals surface area contributed by atoms with Crippen molar-refractivity contribution < 1.29 is 44.4 Å². The van der Waals surface area contributed by atoms with Crippen LogP contribution in [0.4, 0.5) is 0 Å². The van der Waals surface area contributed by atoms with E-state index in [1.807, 2.05) is 36.4 Å². The summed E-state index contributed by atoms with van der Waals surface area (Å²) in [5.41, 5.74) is 21.3. The van der Waals surface area contributed by atoms with Gasteiger partial charge in [0.1, 0.15) is 33.5 Å². The largest absolute Gasteiger partial charge is 2.00 e. The molecule has 2 aliphatic rings. The molecule has 2 aliphatic carbocycles. The zero-order valence-corrected chi connectivity index (χ0v) is 39.9. The minimum absolute atomic E-state index is 0. The van der Waals surface area contributed by atoms with Crippen LogP contribution in [0.25, 0.3) is 121 Å². The zero-order valence-electron chi connectivity index (χ0n) is 35.7. The molecule has 0 radical (unpaired) electrons. The van der Waals surface area contributed by atoms with Gasteiger partial charge in [0.05, 0.1) is 0 Å². The van der Waals surface area contributed by atoms with Gasteiger partial charge in [-0.3, -0.25) is 0 Å². The van der Waals surface area contributed by atoms with Gasteiger partial charge in [-0.2, -0.15) is 35.9 Å². The average molecular weight is 1040 g/mol. The Morgan fingerprint density at radius 1 is 0.422 bits per heavy atom. The van der Waals surface area contributed by atoms with Crippen molar-refractivity contribution in [3.63, 3.8) is 0 Å². The van der Waals surface area contributed by atoms with Crippen molar-refractivity contribution in [1.82, 2.24) is 0 Å². The summed E-state index contributed by atoms with van der Waals surface area (Å²) in [5.74, 6) is 0. The van der Waals surface area contributed by atoms with Crippen LogP contribution in [0.3, 0.4) is 0 Å². The molecule has 0 saturated heterocycles. The second kappa shape index (κ2) is 13.2. The molecule has 12 aromatic rings. The second-order valence-electron chi connectivity index (χ2n) is 18.6. The molecule has 0 spiro atoms. The molecule has 0 aliphatic heterocycles. The number of rotatable bonds is 3. The predicted molar refractivity (Wildman–Crippen MR) is 257 cm³/mol. The minimum atomic E-state index is -0.355. The van der Waals surface area contributed by atoms with Crippen molar-refractivity contribution in [2.75, 3.05) is 0 Å². The summed E-state index contributed by atoms with van der Waals surface area (Å²) in [6, 6.07) is 63.8. The molecule has 0 bridgehead atoms. The number of hydrogen-bond acceptors (Lipinski definition) is 3. The molecule has 0 unspecified atom stereocenters. The summed E-state index contributed by atoms with van der Waals surface area (Å²) in [4.78, 5) is 0. The molecule has 9 aromatic carbocycles. The fraction of sp³-hybridized carbons (Fsp3) is 0.100. The Labute approximate surface area is 393 Å². The van der Waals surface area contributed by atoms with E-state index in [1.165, 1.54) is 38.9 Å². The van der Waals surface area contributed by atoms with E-state index in [4.69, 9.17) is 13.3 Å². The summed E-state index contributed by atoms with van der Waals surface area (Å²) in [6.45, 7) is 9.60. The van der Waals surface area contributed by atoms with E-state index in [9.17, 15) is 0 Å². The summed E-state index contributed by atoms with van der Waals surface area (Å²) in [5, 5.41) is 6.75. The molecular weight excluding hydrogens is 1010 g/mol. The van der Waals surface area contributed by atoms with E-state index in [2.05, 4.69) is 161 Å². The van der Waals surface area contributed by atoms with Gasteiger partial charge in [-0.05, 0) is 75.7 Å². The Morgan fingerprint density at radius 3 is 1.61 bits per heavy atom. The third kappa shape index (κ3) is 4.99. The van der Waals surface area contributed by atoms with Gasteiger partial charge in [0.2, 0.25) is 0 Å². The normalized spacial score (nSPS) is 14.4. The number of fused-ring (bicyclic) bond motifs is 17. The molecule has 0 amide bonds. The third-order valence-corrected chi connectivity index (χ3v) is 14.4. The predicted octanol–water partition coefficient (Wildman–Crippen LogP) is 16.6. The van der Waals surface area contributed by atoms with Crippen molar-refractivity contribution >= 4 is 65.8 Å². The molecule has 0 N–H and O–H groups in total. The Kier molecular flexibility index (Phi) is 7.85. The molecule has 14 rings (SSSR count). The van der Waals surface area contributed by atoms with Crippen LogP contribution < -0.4 is 0 Å². The molecule has 0 saturated carbocycles. The summed E-state index contributed by atoms with van der Waals surface area (Å²) >= 11 is 0. The van der Waals surface area contributed by atoms with Gasteiger partial charge in [-0.1, -0.05) is 129 Å². The van der Waals surface area contributed by atoms with E-state index in [-0.39, 0.29) is 41.9 Å². The second-order valence-corrected chi connectivity index (χ2v) is 18.6. The van der Waals surface area contributed by atoms with Crippen molar-refractivity contribution in [2.24, 2.45) is 0 Å². The standard InChI is InChI=1S/C60H38O3.U/c1-59(2)47-31-44(34-22-24-38-36-16-8-11-19-49(36)61-52(38)28-34)43(33-14-6-5-7-15-33)30-46(47)40-26-27-42-55-48(60(3,4)57(42)56(40)59)32-45(54-41-18-10-13-21-51(41)63-58(54)55)35-23-25-39-37-17-9-12-20-50(37)62-53(39)29-35;/h5-14,16-29,31-32H,1-4H3;/q-2;+2. The molecule has 300 valence electrons. The zero-order chi connectivity index (χ0) is 41.9. The first-order valence-corrected chi connectivity index (χ1v) is 21.8. The van der Waals surface area contributed by atoms with Gasteiger partial charge in [0.25, 0.3) is 0 Å². The SMILES string of the molecule is CC1(C)c2cc(-c3ccc4c(c3)oc3ccccc34)c(-c3[c-]cccc3)[c-]c2-c2ccc3c(c21)C(C)(C)c1cc(-c2ccc4c(c2)oc2ccccc24)c2c(oc4ccccc42)c1-3.[U+2]. The van der Waals surface area contributed by atoms with Crippen molar-refractivity contribution in [3.05, 3.63) is 192 Å². The van der Waals surface area contributed by atoms with Crippen molar-refractivity contribution in [3.8, 4) is 55.6 Å². The van der Waals surface area contributed by atoms with Gasteiger partial charge < -0.3 is 13.3 Å². The van der Waals surface area contributed by atoms with Crippen molar-refractivity contribution in [2.45, 2.75) is 38.5 Å². The van der Waals surface area contributed by atoms with Crippen LogP contribution in [-0.4, -0.2) is 0 Å². The van der Waals surface area contributed by atoms with Gasteiger partial charge in [0, 0.05) is 43.3 Å². The maximum absolute atomic E-state index is 7.01. The monoisotopic (exact) mass is 1040 g/mol. The molecule has 3 heterocycles. The number of hydrogen-bond donors (Lipinski definition) is 0. The van der Waals surface area contributed by atoms with Crippen LogP contribution in [0.2, 0.25) is 0 Å². The first kappa shape index (κ1) is 37.9. The average Bonchev–Trinajstić information content (AvgIpc) is 4.09. The fourth-order valence-corrected chi connectivity index (χ4v) is 11.5. The van der Waals surface area contributed by atoms with E-state index < -0.39 is 0 Å². The molecule has 0 atom stereocenters. The molecule has 3 nitrogen and oxygen atoms in total. The molecular formula is C60H38O3U. The molecule has 4 heteroatoms. The fourth-order valence-electron chi connectivity index (χ4n) is 11.5. The molecule has 0 fully saturated rings. The number of para-hydroxylation sites is 3. The summed E-state index contributed by atoms with van der Waals surface area (Å²) in [7, 11) is 0. The summed E-state index contributed by atoms with van der Waals surface area (Å²) < 4.78 is 19.9. The Bertz CT molecular complexity index is 3970. The first-order chi connectivity index (χ1) is 30.7. The van der Waals surface area contributed by atoms with Gasteiger partial charge in [-0.15, -0.1) is 28.8 Å². The van der Waals surface area contributed by atoms with Gasteiger partial charge >= 0.3 is 31.1 Å². The van der Waals surface area contributed by atoms with Crippen LogP contribution in [0.1, 0.15) is 49.9 Å². The van der Waals surface area contributed by atoms with Gasteiger partial charge in [-0.25, -0.2) is 5.56 Å². The maximum atomic E-state index is 7.01. The topological polar surface area (TPSA) is 39.4 Å². The number of benzene rings is 9. The van der Waals surface area contributed by atoms with Crippen LogP contribution in [0.5, 0.6) is 0 Å². The van der Waals surface area contributed by atoms with Crippen LogP contribution >= 0.6 is 0 Å². The van der Waals surface area contributed by atoms with Crippen LogP contribution in [0, 0.1) is 43.2 Å². The van der Waals surface area contributed by atoms with E-state index in [0.29, 0.717) is 0 Å². The smallest absolute Gasteiger partial charge is 0.456 e. The maximum Gasteiger partial charge on any atom is 2.00 e. The van der Waals surface area contributed by atoms with Crippen molar-refractivity contribution in [1.29, 1.82) is 0 Å². The first-order valence-electron chi connectivity index (χ1n) is 21.8. The summed E-state index contributed by atoms with van der Waals surface area (Å²) in [6.07, 6.45) is 0. The van der Waals surface area contributed by atoms with E-state index in [1.54, 1.807) is 0 Å².